The van der Waals surface area contributed by atoms with Gasteiger partial charge in [-0.3, -0.25) is 4.99 Å². The van der Waals surface area contributed by atoms with Crippen molar-refractivity contribution < 1.29 is 9.47 Å². The molecule has 2 aromatic carbocycles. The zero-order chi connectivity index (χ0) is 16.7. The summed E-state index contributed by atoms with van der Waals surface area (Å²) in [7, 11) is 3.30. The van der Waals surface area contributed by atoms with Gasteiger partial charge in [0.05, 0.1) is 19.9 Å². The maximum absolute atomic E-state index is 5.95. The molecule has 0 aromatic heterocycles. The Bertz CT molecular complexity index is 684. The predicted octanol–water partition coefficient (Wildman–Crippen LogP) is 2.98. The van der Waals surface area contributed by atoms with E-state index in [1.807, 2.05) is 36.4 Å². The van der Waals surface area contributed by atoms with Crippen LogP contribution in [-0.2, 0) is 6.42 Å². The highest BCUT2D eigenvalue weighted by molar-refractivity contribution is 5.93. The third-order valence-corrected chi connectivity index (χ3v) is 3.47. The second-order valence-electron chi connectivity index (χ2n) is 5.16. The number of methoxy groups -OCH3 is 2. The molecule has 0 saturated carbocycles. The van der Waals surface area contributed by atoms with Gasteiger partial charge in [0, 0.05) is 6.54 Å². The lowest BCUT2D eigenvalue weighted by Crippen LogP contribution is -2.23. The van der Waals surface area contributed by atoms with Gasteiger partial charge in [-0.25, -0.2) is 0 Å². The van der Waals surface area contributed by atoms with Gasteiger partial charge < -0.3 is 20.5 Å². The highest BCUT2D eigenvalue weighted by Gasteiger charge is 2.04. The molecule has 0 radical (unpaired) electrons. The predicted molar refractivity (Wildman–Crippen MR) is 94.5 cm³/mol. The van der Waals surface area contributed by atoms with Gasteiger partial charge in [0.2, 0.25) is 0 Å². The highest BCUT2D eigenvalue weighted by atomic mass is 16.5. The number of nitrogens with two attached hydrogens (primary N) is 1. The zero-order valence-electron chi connectivity index (χ0n) is 13.8. The lowest BCUT2D eigenvalue weighted by molar-refractivity contribution is 0.409. The standard InChI is InChI=1S/C18H23N3O2/c1-13-8-9-16(22-2)14(12-13)10-11-20-18(19)21-15-6-4-5-7-17(15)23-3/h4-9,12H,10-11H2,1-3H3,(H3,19,20,21). The van der Waals surface area contributed by atoms with E-state index in [1.54, 1.807) is 14.2 Å². The molecule has 0 aliphatic rings. The highest BCUT2D eigenvalue weighted by Crippen LogP contribution is 2.23. The van der Waals surface area contributed by atoms with Crippen molar-refractivity contribution in [3.05, 3.63) is 53.6 Å². The number of aliphatic imine (C=N–C) groups is 1. The summed E-state index contributed by atoms with van der Waals surface area (Å²) in [6, 6.07) is 13.7. The molecule has 3 N–H and O–H groups in total. The first-order valence-electron chi connectivity index (χ1n) is 7.47. The Balaban J connectivity index is 1.99. The maximum atomic E-state index is 5.95. The Morgan fingerprint density at radius 1 is 1.09 bits per heavy atom. The van der Waals surface area contributed by atoms with Gasteiger partial charge in [-0.1, -0.05) is 29.8 Å². The first-order chi connectivity index (χ1) is 11.1. The summed E-state index contributed by atoms with van der Waals surface area (Å²) in [5.41, 5.74) is 9.07. The van der Waals surface area contributed by atoms with Gasteiger partial charge in [-0.2, -0.15) is 0 Å². The smallest absolute Gasteiger partial charge is 0.193 e. The third-order valence-electron chi connectivity index (χ3n) is 3.47. The molecule has 0 spiro atoms. The topological polar surface area (TPSA) is 68.9 Å². The van der Waals surface area contributed by atoms with Crippen LogP contribution in [0.2, 0.25) is 0 Å². The number of hydrogen-bond acceptors (Lipinski definition) is 3. The summed E-state index contributed by atoms with van der Waals surface area (Å²) in [6.07, 6.45) is 0.763. The van der Waals surface area contributed by atoms with Gasteiger partial charge in [0.25, 0.3) is 0 Å². The molecule has 23 heavy (non-hydrogen) atoms. The average Bonchev–Trinajstić information content (AvgIpc) is 2.55. The normalized spacial score (nSPS) is 11.2. The summed E-state index contributed by atoms with van der Waals surface area (Å²) < 4.78 is 10.6. The molecule has 2 rings (SSSR count). The van der Waals surface area contributed by atoms with Crippen molar-refractivity contribution in [1.29, 1.82) is 0 Å². The van der Waals surface area contributed by atoms with Crippen molar-refractivity contribution in [3.8, 4) is 11.5 Å². The fourth-order valence-corrected chi connectivity index (χ4v) is 2.32. The zero-order valence-corrected chi connectivity index (χ0v) is 13.8. The lowest BCUT2D eigenvalue weighted by Gasteiger charge is -2.11. The van der Waals surface area contributed by atoms with E-state index in [0.717, 1.165) is 29.2 Å². The molecule has 0 aliphatic carbocycles. The molecule has 0 heterocycles. The molecule has 0 aliphatic heterocycles. The molecule has 122 valence electrons. The van der Waals surface area contributed by atoms with Crippen LogP contribution in [0.5, 0.6) is 11.5 Å². The number of ether oxygens (including phenoxy) is 2. The molecule has 2 aromatic rings. The van der Waals surface area contributed by atoms with E-state index in [2.05, 4.69) is 23.3 Å². The molecule has 5 heteroatoms. The van der Waals surface area contributed by atoms with Crippen molar-refractivity contribution in [2.75, 3.05) is 26.1 Å². The van der Waals surface area contributed by atoms with E-state index >= 15 is 0 Å². The number of hydrogen-bond donors (Lipinski definition) is 2. The van der Waals surface area contributed by atoms with Crippen molar-refractivity contribution in [3.63, 3.8) is 0 Å². The molecular weight excluding hydrogens is 290 g/mol. The van der Waals surface area contributed by atoms with E-state index in [9.17, 15) is 0 Å². The molecule has 0 amide bonds. The monoisotopic (exact) mass is 313 g/mol. The Kier molecular flexibility index (Phi) is 5.86. The largest absolute Gasteiger partial charge is 0.496 e. The Morgan fingerprint density at radius 3 is 2.57 bits per heavy atom. The van der Waals surface area contributed by atoms with Crippen molar-refractivity contribution >= 4 is 11.6 Å². The van der Waals surface area contributed by atoms with Crippen LogP contribution < -0.4 is 20.5 Å². The van der Waals surface area contributed by atoms with Gasteiger partial charge in [-0.05, 0) is 37.1 Å². The maximum Gasteiger partial charge on any atom is 0.193 e. The minimum absolute atomic E-state index is 0.362. The van der Waals surface area contributed by atoms with E-state index in [1.165, 1.54) is 5.56 Å². The summed E-state index contributed by atoms with van der Waals surface area (Å²) in [4.78, 5) is 4.37. The van der Waals surface area contributed by atoms with Gasteiger partial charge >= 0.3 is 0 Å². The van der Waals surface area contributed by atoms with Crippen LogP contribution in [0.4, 0.5) is 5.69 Å². The molecule has 0 saturated heterocycles. The number of aryl methyl sites for hydroxylation is 1. The van der Waals surface area contributed by atoms with Crippen LogP contribution in [0, 0.1) is 6.92 Å². The fraction of sp³-hybridized carbons (Fsp3) is 0.278. The van der Waals surface area contributed by atoms with Crippen LogP contribution in [0.3, 0.4) is 0 Å². The Hall–Kier alpha value is -2.69. The number of anilines is 1. The summed E-state index contributed by atoms with van der Waals surface area (Å²) >= 11 is 0. The number of guanidine groups is 1. The number of nitrogens with one attached hydrogen (secondary N) is 1. The average molecular weight is 313 g/mol. The van der Waals surface area contributed by atoms with Crippen molar-refractivity contribution in [2.24, 2.45) is 10.7 Å². The van der Waals surface area contributed by atoms with Crippen LogP contribution in [0.1, 0.15) is 11.1 Å². The second-order valence-corrected chi connectivity index (χ2v) is 5.16. The number of rotatable bonds is 6. The van der Waals surface area contributed by atoms with Crippen LogP contribution in [0.15, 0.2) is 47.5 Å². The molecule has 0 bridgehead atoms. The minimum Gasteiger partial charge on any atom is -0.496 e. The number of para-hydroxylation sites is 2. The molecule has 0 unspecified atom stereocenters. The summed E-state index contributed by atoms with van der Waals surface area (Å²) in [6.45, 7) is 2.64. The van der Waals surface area contributed by atoms with Crippen molar-refractivity contribution in [2.45, 2.75) is 13.3 Å². The second kappa shape index (κ2) is 8.08. The first-order valence-corrected chi connectivity index (χ1v) is 7.47. The number of benzene rings is 2. The molecule has 0 atom stereocenters. The third kappa shape index (κ3) is 4.64. The quantitative estimate of drug-likeness (QED) is 0.635. The van der Waals surface area contributed by atoms with E-state index in [4.69, 9.17) is 15.2 Å². The Morgan fingerprint density at radius 2 is 1.83 bits per heavy atom. The summed E-state index contributed by atoms with van der Waals surface area (Å²) in [5, 5.41) is 3.06. The van der Waals surface area contributed by atoms with Crippen LogP contribution in [0.25, 0.3) is 0 Å². The van der Waals surface area contributed by atoms with E-state index in [0.29, 0.717) is 12.5 Å². The number of nitrogens with zero attached hydrogens (tertiary/aromatic N) is 1. The van der Waals surface area contributed by atoms with Crippen LogP contribution in [-0.4, -0.2) is 26.7 Å². The van der Waals surface area contributed by atoms with Crippen LogP contribution >= 0.6 is 0 Å². The fourth-order valence-electron chi connectivity index (χ4n) is 2.32. The molecule has 0 fully saturated rings. The SMILES string of the molecule is COc1ccc(C)cc1CCN=C(N)Nc1ccccc1OC. The minimum atomic E-state index is 0.362. The van der Waals surface area contributed by atoms with Crippen molar-refractivity contribution in [1.82, 2.24) is 0 Å². The lowest BCUT2D eigenvalue weighted by atomic mass is 10.1. The molecule has 5 nitrogen and oxygen atoms in total. The Labute approximate surface area is 137 Å². The summed E-state index contributed by atoms with van der Waals surface area (Å²) in [5.74, 6) is 1.97. The van der Waals surface area contributed by atoms with Gasteiger partial charge in [0.1, 0.15) is 11.5 Å². The van der Waals surface area contributed by atoms with Gasteiger partial charge in [-0.15, -0.1) is 0 Å². The first kappa shape index (κ1) is 16.7. The van der Waals surface area contributed by atoms with E-state index in [-0.39, 0.29) is 0 Å². The van der Waals surface area contributed by atoms with E-state index < -0.39 is 0 Å². The van der Waals surface area contributed by atoms with Gasteiger partial charge in [0.15, 0.2) is 5.96 Å². The molecular formula is C18H23N3O2.